The van der Waals surface area contributed by atoms with Crippen molar-refractivity contribution in [2.45, 2.75) is 36.5 Å². The van der Waals surface area contributed by atoms with Gasteiger partial charge in [0.1, 0.15) is 5.75 Å². The van der Waals surface area contributed by atoms with Crippen LogP contribution in [0.4, 0.5) is 13.2 Å². The Labute approximate surface area is 211 Å². The number of benzene rings is 2. The zero-order valence-electron chi connectivity index (χ0n) is 20.0. The lowest BCUT2D eigenvalue weighted by Crippen LogP contribution is -2.28. The standard InChI is InChI=1S/C26H27F3N4O2S/c1-16(34)21-12-19(8-9-22(21)35)25-13-20(25)14-33(15-25)10-3-11-36-24-31-30-23(32(24)2)17-4-6-18(7-5-17)26(27,28)29/h4-9,12,20,35H,3,10-11,13-15H2,1-2H3/t20-,25+/m1/s1. The van der Waals surface area contributed by atoms with Crippen molar-refractivity contribution in [3.05, 3.63) is 59.2 Å². The number of aromatic hydroxyl groups is 1. The first-order chi connectivity index (χ1) is 17.1. The average Bonchev–Trinajstić information content (AvgIpc) is 3.21. The molecule has 1 aromatic heterocycles. The van der Waals surface area contributed by atoms with E-state index in [9.17, 15) is 23.1 Å². The van der Waals surface area contributed by atoms with Gasteiger partial charge in [0, 0.05) is 36.9 Å². The zero-order chi connectivity index (χ0) is 25.7. The number of thioether (sulfide) groups is 1. The maximum absolute atomic E-state index is 12.8. The van der Waals surface area contributed by atoms with E-state index in [0.717, 1.165) is 61.1 Å². The van der Waals surface area contributed by atoms with E-state index in [0.29, 0.717) is 22.9 Å². The monoisotopic (exact) mass is 516 g/mol. The van der Waals surface area contributed by atoms with Gasteiger partial charge in [-0.3, -0.25) is 4.79 Å². The van der Waals surface area contributed by atoms with Gasteiger partial charge in [-0.05, 0) is 62.1 Å². The highest BCUT2D eigenvalue weighted by Gasteiger charge is 2.60. The molecular formula is C26H27F3N4O2S. The van der Waals surface area contributed by atoms with Gasteiger partial charge in [-0.25, -0.2) is 0 Å². The average molecular weight is 517 g/mol. The van der Waals surface area contributed by atoms with Gasteiger partial charge in [-0.2, -0.15) is 13.2 Å². The predicted molar refractivity (Wildman–Crippen MR) is 131 cm³/mol. The SMILES string of the molecule is CC(=O)c1cc([C@@]23C[C@@H]2CN(CCCSc2nnc(-c4ccc(C(F)(F)F)cc4)n2C)C3)ccc1O. The summed E-state index contributed by atoms with van der Waals surface area (Å²) in [5, 5.41) is 19.1. The van der Waals surface area contributed by atoms with Crippen LogP contribution in [0.15, 0.2) is 47.6 Å². The molecule has 1 saturated carbocycles. The first kappa shape index (κ1) is 24.8. The number of fused-ring (bicyclic) bond motifs is 1. The summed E-state index contributed by atoms with van der Waals surface area (Å²) in [6.07, 6.45) is -2.28. The molecule has 1 aliphatic carbocycles. The Morgan fingerprint density at radius 3 is 2.64 bits per heavy atom. The summed E-state index contributed by atoms with van der Waals surface area (Å²) < 4.78 is 40.3. The van der Waals surface area contributed by atoms with E-state index >= 15 is 0 Å². The van der Waals surface area contributed by atoms with Crippen LogP contribution < -0.4 is 0 Å². The third kappa shape index (κ3) is 4.64. The van der Waals surface area contributed by atoms with E-state index in [4.69, 9.17) is 0 Å². The summed E-state index contributed by atoms with van der Waals surface area (Å²) in [6, 6.07) is 10.4. The highest BCUT2D eigenvalue weighted by molar-refractivity contribution is 7.99. The maximum Gasteiger partial charge on any atom is 0.416 e. The first-order valence-corrected chi connectivity index (χ1v) is 12.8. The molecule has 1 saturated heterocycles. The summed E-state index contributed by atoms with van der Waals surface area (Å²) in [6.45, 7) is 4.41. The summed E-state index contributed by atoms with van der Waals surface area (Å²) in [5.41, 5.74) is 1.53. The normalized spacial score (nSPS) is 21.5. The highest BCUT2D eigenvalue weighted by Crippen LogP contribution is 2.59. The second-order valence-electron chi connectivity index (χ2n) is 9.72. The van der Waals surface area contributed by atoms with Crippen LogP contribution in [0, 0.1) is 5.92 Å². The van der Waals surface area contributed by atoms with Gasteiger partial charge in [0.25, 0.3) is 0 Å². The minimum absolute atomic E-state index is 0.0389. The molecule has 2 fully saturated rings. The van der Waals surface area contributed by atoms with Gasteiger partial charge in [-0.15, -0.1) is 10.2 Å². The molecule has 1 aliphatic heterocycles. The summed E-state index contributed by atoms with van der Waals surface area (Å²) in [7, 11) is 1.82. The number of likely N-dealkylation sites (tertiary alicyclic amines) is 1. The Hall–Kier alpha value is -2.85. The molecule has 3 aromatic rings. The maximum atomic E-state index is 12.8. The van der Waals surface area contributed by atoms with Gasteiger partial charge in [0.05, 0.1) is 11.1 Å². The van der Waals surface area contributed by atoms with Crippen LogP contribution >= 0.6 is 11.8 Å². The number of nitrogens with zero attached hydrogens (tertiary/aromatic N) is 4. The van der Waals surface area contributed by atoms with Crippen LogP contribution in [0.1, 0.15) is 41.3 Å². The van der Waals surface area contributed by atoms with Crippen molar-refractivity contribution < 1.29 is 23.1 Å². The van der Waals surface area contributed by atoms with E-state index < -0.39 is 11.7 Å². The molecule has 0 spiro atoms. The Bertz CT molecular complexity index is 1290. The minimum Gasteiger partial charge on any atom is -0.507 e. The molecule has 0 bridgehead atoms. The number of rotatable bonds is 8. The van der Waals surface area contributed by atoms with E-state index in [-0.39, 0.29) is 16.9 Å². The molecule has 0 radical (unpaired) electrons. The van der Waals surface area contributed by atoms with E-state index in [2.05, 4.69) is 15.1 Å². The quantitative estimate of drug-likeness (QED) is 0.253. The lowest BCUT2D eigenvalue weighted by atomic mass is 9.92. The van der Waals surface area contributed by atoms with Crippen LogP contribution in [-0.2, 0) is 18.6 Å². The fourth-order valence-electron chi connectivity index (χ4n) is 5.28. The molecular weight excluding hydrogens is 489 g/mol. The molecule has 190 valence electrons. The van der Waals surface area contributed by atoms with Gasteiger partial charge >= 0.3 is 6.18 Å². The number of carbonyl (C=O) groups excluding carboxylic acids is 1. The molecule has 5 rings (SSSR count). The number of phenolic OH excluding ortho intramolecular Hbond substituents is 1. The molecule has 2 atom stereocenters. The number of alkyl halides is 3. The van der Waals surface area contributed by atoms with Crippen molar-refractivity contribution in [2.75, 3.05) is 25.4 Å². The fraction of sp³-hybridized carbons (Fsp3) is 0.423. The lowest BCUT2D eigenvalue weighted by Gasteiger charge is -2.21. The Kier molecular flexibility index (Phi) is 6.36. The van der Waals surface area contributed by atoms with Crippen molar-refractivity contribution in [3.63, 3.8) is 0 Å². The Balaban J connectivity index is 1.14. The van der Waals surface area contributed by atoms with Crippen molar-refractivity contribution in [1.82, 2.24) is 19.7 Å². The first-order valence-electron chi connectivity index (χ1n) is 11.8. The summed E-state index contributed by atoms with van der Waals surface area (Å²) in [5.74, 6) is 1.88. The Morgan fingerprint density at radius 1 is 1.19 bits per heavy atom. The molecule has 1 N–H and O–H groups in total. The predicted octanol–water partition coefficient (Wildman–Crippen LogP) is 5.16. The van der Waals surface area contributed by atoms with Gasteiger partial charge in [-0.1, -0.05) is 30.0 Å². The molecule has 0 unspecified atom stereocenters. The summed E-state index contributed by atoms with van der Waals surface area (Å²) in [4.78, 5) is 14.3. The number of ketones is 1. The molecule has 10 heteroatoms. The van der Waals surface area contributed by atoms with Crippen molar-refractivity contribution in [1.29, 1.82) is 0 Å². The van der Waals surface area contributed by atoms with Crippen molar-refractivity contribution in [2.24, 2.45) is 13.0 Å². The van der Waals surface area contributed by atoms with E-state index in [1.165, 1.54) is 19.1 Å². The van der Waals surface area contributed by atoms with Crippen LogP contribution in [0.25, 0.3) is 11.4 Å². The van der Waals surface area contributed by atoms with Crippen LogP contribution in [0.3, 0.4) is 0 Å². The smallest absolute Gasteiger partial charge is 0.416 e. The van der Waals surface area contributed by atoms with E-state index in [1.807, 2.05) is 23.7 Å². The molecule has 6 nitrogen and oxygen atoms in total. The molecule has 2 aliphatic rings. The number of hydrogen-bond donors (Lipinski definition) is 1. The van der Waals surface area contributed by atoms with Crippen LogP contribution in [0.5, 0.6) is 5.75 Å². The molecule has 2 heterocycles. The zero-order valence-corrected chi connectivity index (χ0v) is 20.9. The van der Waals surface area contributed by atoms with Crippen LogP contribution in [-0.4, -0.2) is 55.9 Å². The fourth-order valence-corrected chi connectivity index (χ4v) is 6.12. The number of aromatic nitrogens is 3. The summed E-state index contributed by atoms with van der Waals surface area (Å²) >= 11 is 1.58. The van der Waals surface area contributed by atoms with Crippen LogP contribution in [0.2, 0.25) is 0 Å². The number of hydrogen-bond acceptors (Lipinski definition) is 6. The molecule has 0 amide bonds. The second kappa shape index (κ2) is 9.23. The number of phenols is 1. The van der Waals surface area contributed by atoms with E-state index in [1.54, 1.807) is 17.8 Å². The topological polar surface area (TPSA) is 71.2 Å². The number of Topliss-reactive ketones (excluding diaryl/α,β-unsaturated/α-hetero) is 1. The third-order valence-corrected chi connectivity index (χ3v) is 8.43. The molecule has 2 aromatic carbocycles. The lowest BCUT2D eigenvalue weighted by molar-refractivity contribution is -0.137. The van der Waals surface area contributed by atoms with Crippen molar-refractivity contribution >= 4 is 17.5 Å². The van der Waals surface area contributed by atoms with Gasteiger partial charge < -0.3 is 14.6 Å². The largest absolute Gasteiger partial charge is 0.507 e. The third-order valence-electron chi connectivity index (χ3n) is 7.32. The minimum atomic E-state index is -4.36. The highest BCUT2D eigenvalue weighted by atomic mass is 32.2. The molecule has 36 heavy (non-hydrogen) atoms. The van der Waals surface area contributed by atoms with Gasteiger partial charge in [0.2, 0.25) is 0 Å². The van der Waals surface area contributed by atoms with Gasteiger partial charge in [0.15, 0.2) is 16.8 Å². The number of piperidine rings is 1. The Morgan fingerprint density at radius 2 is 1.94 bits per heavy atom. The number of halogens is 3. The second-order valence-corrected chi connectivity index (χ2v) is 10.8. The van der Waals surface area contributed by atoms with Crippen molar-refractivity contribution in [3.8, 4) is 17.1 Å². The number of carbonyl (C=O) groups is 1.